The van der Waals surface area contributed by atoms with E-state index in [-0.39, 0.29) is 18.9 Å². The number of rotatable bonds is 6. The second kappa shape index (κ2) is 7.79. The van der Waals surface area contributed by atoms with Crippen molar-refractivity contribution in [1.82, 2.24) is 0 Å². The molecule has 2 N–H and O–H groups in total. The van der Waals surface area contributed by atoms with Crippen molar-refractivity contribution in [3.63, 3.8) is 0 Å². The summed E-state index contributed by atoms with van der Waals surface area (Å²) in [6, 6.07) is 0. The van der Waals surface area contributed by atoms with Gasteiger partial charge in [0.1, 0.15) is 5.00 Å². The van der Waals surface area contributed by atoms with E-state index in [1.165, 1.54) is 11.3 Å². The summed E-state index contributed by atoms with van der Waals surface area (Å²) >= 11 is 1.40. The predicted octanol–water partition coefficient (Wildman–Crippen LogP) is 3.24. The van der Waals surface area contributed by atoms with E-state index < -0.39 is 17.8 Å². The number of anilines is 1. The van der Waals surface area contributed by atoms with Crippen LogP contribution >= 0.6 is 11.3 Å². The average molecular weight is 353 g/mol. The van der Waals surface area contributed by atoms with Gasteiger partial charge >= 0.3 is 11.9 Å². The Kier molecular flexibility index (Phi) is 5.99. The summed E-state index contributed by atoms with van der Waals surface area (Å²) in [7, 11) is 0. The molecule has 1 atom stereocenters. The Hall–Kier alpha value is -1.89. The molecular formula is C17H23NO5S. The van der Waals surface area contributed by atoms with Gasteiger partial charge in [-0.05, 0) is 44.6 Å². The summed E-state index contributed by atoms with van der Waals surface area (Å²) in [5.41, 5.74) is 1.41. The molecule has 0 saturated carbocycles. The van der Waals surface area contributed by atoms with Crippen LogP contribution in [0.3, 0.4) is 0 Å². The lowest BCUT2D eigenvalue weighted by Gasteiger charge is -2.18. The van der Waals surface area contributed by atoms with E-state index >= 15 is 0 Å². The maximum atomic E-state index is 12.5. The van der Waals surface area contributed by atoms with Gasteiger partial charge in [0.2, 0.25) is 5.91 Å². The Balaban J connectivity index is 2.26. The zero-order valence-corrected chi connectivity index (χ0v) is 15.0. The molecule has 24 heavy (non-hydrogen) atoms. The van der Waals surface area contributed by atoms with Crippen LogP contribution in [0.2, 0.25) is 0 Å². The molecule has 0 unspecified atom stereocenters. The molecule has 0 fully saturated rings. The van der Waals surface area contributed by atoms with Gasteiger partial charge in [-0.3, -0.25) is 9.59 Å². The number of ether oxygens (including phenoxy) is 1. The number of nitrogens with one attached hydrogen (secondary N) is 1. The van der Waals surface area contributed by atoms with Crippen LogP contribution in [0, 0.1) is 5.92 Å². The van der Waals surface area contributed by atoms with Crippen molar-refractivity contribution in [2.75, 3.05) is 5.32 Å². The lowest BCUT2D eigenvalue weighted by molar-refractivity contribution is -0.138. The third-order valence-electron chi connectivity index (χ3n) is 3.88. The summed E-state index contributed by atoms with van der Waals surface area (Å²) in [5.74, 6) is -1.31. The number of amides is 1. The molecule has 1 heterocycles. The van der Waals surface area contributed by atoms with Crippen LogP contribution in [-0.2, 0) is 27.2 Å². The van der Waals surface area contributed by atoms with Gasteiger partial charge in [0.05, 0.1) is 18.1 Å². The van der Waals surface area contributed by atoms with Crippen molar-refractivity contribution in [3.8, 4) is 0 Å². The molecule has 0 bridgehead atoms. The van der Waals surface area contributed by atoms with E-state index in [9.17, 15) is 14.4 Å². The van der Waals surface area contributed by atoms with Crippen molar-refractivity contribution in [1.29, 1.82) is 0 Å². The van der Waals surface area contributed by atoms with Gasteiger partial charge < -0.3 is 15.2 Å². The number of aliphatic carboxylic acids is 1. The number of thiophene rings is 1. The fraction of sp³-hybridized carbons (Fsp3) is 0.588. The first-order valence-corrected chi connectivity index (χ1v) is 8.96. The molecule has 1 aromatic heterocycles. The Morgan fingerprint density at radius 3 is 2.67 bits per heavy atom. The monoisotopic (exact) mass is 353 g/mol. The summed E-state index contributed by atoms with van der Waals surface area (Å²) in [6.07, 6.45) is 2.07. The van der Waals surface area contributed by atoms with Crippen LogP contribution in [-0.4, -0.2) is 29.1 Å². The minimum atomic E-state index is -1.02. The van der Waals surface area contributed by atoms with Crippen LogP contribution in [0.1, 0.15) is 60.8 Å². The number of carbonyl (C=O) groups is 3. The highest BCUT2D eigenvalue weighted by Gasteiger charge is 2.29. The lowest BCUT2D eigenvalue weighted by Crippen LogP contribution is -2.19. The number of fused-ring (bicyclic) bond motifs is 1. The van der Waals surface area contributed by atoms with Gasteiger partial charge in [0.15, 0.2) is 0 Å². The minimum Gasteiger partial charge on any atom is -0.481 e. The molecule has 7 heteroatoms. The lowest BCUT2D eigenvalue weighted by atomic mass is 9.88. The van der Waals surface area contributed by atoms with Crippen LogP contribution in [0.4, 0.5) is 5.00 Å². The quantitative estimate of drug-likeness (QED) is 0.766. The smallest absolute Gasteiger partial charge is 0.341 e. The first kappa shape index (κ1) is 18.4. The summed E-state index contributed by atoms with van der Waals surface area (Å²) < 4.78 is 5.33. The van der Waals surface area contributed by atoms with Gasteiger partial charge in [-0.1, -0.05) is 6.92 Å². The van der Waals surface area contributed by atoms with E-state index in [4.69, 9.17) is 9.84 Å². The molecule has 1 aliphatic carbocycles. The van der Waals surface area contributed by atoms with Gasteiger partial charge in [-0.25, -0.2) is 4.79 Å². The molecular weight excluding hydrogens is 330 g/mol. The largest absolute Gasteiger partial charge is 0.481 e. The standard InChI is InChI=1S/C17H23NO5S/c1-9(2)23-17(22)15-11-5-4-10(3)8-12(11)24-16(15)18-13(19)6-7-14(20)21/h9-10H,4-8H2,1-3H3,(H,18,19)(H,20,21)/t10-/m0/s1. The molecule has 0 radical (unpaired) electrons. The normalized spacial score (nSPS) is 16.6. The molecule has 6 nitrogen and oxygen atoms in total. The molecule has 0 saturated heterocycles. The Labute approximate surface area is 145 Å². The molecule has 0 aliphatic heterocycles. The number of esters is 1. The number of hydrogen-bond acceptors (Lipinski definition) is 5. The third kappa shape index (κ3) is 4.56. The number of carboxylic acid groups (broad SMARTS) is 1. The Morgan fingerprint density at radius 1 is 1.33 bits per heavy atom. The van der Waals surface area contributed by atoms with E-state index in [2.05, 4.69) is 12.2 Å². The second-order valence-corrected chi connectivity index (χ2v) is 7.56. The van der Waals surface area contributed by atoms with Crippen molar-refractivity contribution < 1.29 is 24.2 Å². The number of hydrogen-bond donors (Lipinski definition) is 2. The van der Waals surface area contributed by atoms with Crippen LogP contribution < -0.4 is 5.32 Å². The van der Waals surface area contributed by atoms with E-state index in [1.54, 1.807) is 13.8 Å². The van der Waals surface area contributed by atoms with Gasteiger partial charge in [0.25, 0.3) is 0 Å². The molecule has 2 rings (SSSR count). The van der Waals surface area contributed by atoms with Gasteiger partial charge in [0, 0.05) is 11.3 Å². The third-order valence-corrected chi connectivity index (χ3v) is 5.05. The zero-order valence-electron chi connectivity index (χ0n) is 14.2. The number of carbonyl (C=O) groups excluding carboxylic acids is 2. The predicted molar refractivity (Wildman–Crippen MR) is 91.6 cm³/mol. The summed E-state index contributed by atoms with van der Waals surface area (Å²) in [5, 5.41) is 11.9. The van der Waals surface area contributed by atoms with E-state index in [0.29, 0.717) is 16.5 Å². The fourth-order valence-corrected chi connectivity index (χ4v) is 4.15. The first-order chi connectivity index (χ1) is 11.3. The topological polar surface area (TPSA) is 92.7 Å². The van der Waals surface area contributed by atoms with E-state index in [0.717, 1.165) is 29.7 Å². The van der Waals surface area contributed by atoms with E-state index in [1.807, 2.05) is 0 Å². The van der Waals surface area contributed by atoms with Crippen molar-refractivity contribution in [2.24, 2.45) is 5.92 Å². The van der Waals surface area contributed by atoms with Gasteiger partial charge in [-0.2, -0.15) is 0 Å². The minimum absolute atomic E-state index is 0.118. The molecule has 1 aliphatic rings. The highest BCUT2D eigenvalue weighted by atomic mass is 32.1. The van der Waals surface area contributed by atoms with Crippen LogP contribution in [0.15, 0.2) is 0 Å². The second-order valence-electron chi connectivity index (χ2n) is 6.45. The van der Waals surface area contributed by atoms with Crippen LogP contribution in [0.25, 0.3) is 0 Å². The molecule has 132 valence electrons. The van der Waals surface area contributed by atoms with Gasteiger partial charge in [-0.15, -0.1) is 11.3 Å². The zero-order chi connectivity index (χ0) is 17.9. The highest BCUT2D eigenvalue weighted by molar-refractivity contribution is 7.17. The highest BCUT2D eigenvalue weighted by Crippen LogP contribution is 2.40. The Bertz CT molecular complexity index is 650. The summed E-state index contributed by atoms with van der Waals surface area (Å²) in [4.78, 5) is 36.2. The fourth-order valence-electron chi connectivity index (χ4n) is 2.74. The van der Waals surface area contributed by atoms with Crippen LogP contribution in [0.5, 0.6) is 0 Å². The van der Waals surface area contributed by atoms with Crippen molar-refractivity contribution in [3.05, 3.63) is 16.0 Å². The maximum absolute atomic E-state index is 12.5. The Morgan fingerprint density at radius 2 is 2.04 bits per heavy atom. The van der Waals surface area contributed by atoms with Crippen molar-refractivity contribution >= 4 is 34.2 Å². The molecule has 1 amide bonds. The SMILES string of the molecule is CC(C)OC(=O)c1c(NC(=O)CCC(=O)O)sc2c1CC[C@H](C)C2. The first-order valence-electron chi connectivity index (χ1n) is 8.15. The molecule has 1 aromatic rings. The summed E-state index contributed by atoms with van der Waals surface area (Å²) in [6.45, 7) is 5.73. The molecule has 0 spiro atoms. The average Bonchev–Trinajstić information content (AvgIpc) is 2.81. The maximum Gasteiger partial charge on any atom is 0.341 e. The van der Waals surface area contributed by atoms with Crippen molar-refractivity contribution in [2.45, 2.75) is 59.0 Å². The molecule has 0 aromatic carbocycles. The number of carboxylic acids is 1.